The molecular weight excluding hydrogens is 726 g/mol. The summed E-state index contributed by atoms with van der Waals surface area (Å²) in [5, 5.41) is 5.47. The Morgan fingerprint density at radius 3 is 2.40 bits per heavy atom. The topological polar surface area (TPSA) is 141 Å². The molecule has 10 rings (SSSR count). The van der Waals surface area contributed by atoms with Crippen molar-refractivity contribution in [2.24, 2.45) is 13.0 Å². The van der Waals surface area contributed by atoms with Crippen LogP contribution in [0.2, 0.25) is 0 Å². The number of rotatable bonds is 7. The van der Waals surface area contributed by atoms with Crippen LogP contribution in [-0.4, -0.2) is 94.1 Å². The Balaban J connectivity index is 0.754. The van der Waals surface area contributed by atoms with Gasteiger partial charge < -0.3 is 20.1 Å². The van der Waals surface area contributed by atoms with E-state index in [-0.39, 0.29) is 35.2 Å². The number of aromatic nitrogens is 4. The number of amides is 3. The molecule has 5 aliphatic rings. The molecule has 3 amide bonds. The minimum Gasteiger partial charge on any atom is -0.371 e. The van der Waals surface area contributed by atoms with Crippen molar-refractivity contribution < 1.29 is 18.8 Å². The first kappa shape index (κ1) is 35.6. The van der Waals surface area contributed by atoms with Gasteiger partial charge in [0.25, 0.3) is 5.91 Å². The third kappa shape index (κ3) is 6.12. The van der Waals surface area contributed by atoms with E-state index in [4.69, 9.17) is 0 Å². The number of nitrogens with zero attached hydrogens (tertiary/aromatic N) is 6. The fourth-order valence-corrected chi connectivity index (χ4v) is 10.0. The zero-order valence-electron chi connectivity index (χ0n) is 32.0. The third-order valence-electron chi connectivity index (χ3n) is 13.2. The van der Waals surface area contributed by atoms with Crippen molar-refractivity contribution in [2.45, 2.75) is 50.0 Å². The van der Waals surface area contributed by atoms with Crippen LogP contribution in [0.4, 0.5) is 15.8 Å². The molecule has 3 N–H and O–H groups in total. The van der Waals surface area contributed by atoms with Gasteiger partial charge in [-0.2, -0.15) is 0 Å². The van der Waals surface area contributed by atoms with E-state index in [0.717, 1.165) is 105 Å². The minimum atomic E-state index is -0.698. The molecule has 294 valence electrons. The number of H-pyrrole nitrogens is 1. The molecule has 57 heavy (non-hydrogen) atoms. The van der Waals surface area contributed by atoms with E-state index >= 15 is 4.39 Å². The summed E-state index contributed by atoms with van der Waals surface area (Å²) in [5.74, 6) is -0.574. The van der Waals surface area contributed by atoms with Crippen LogP contribution in [-0.2, 0) is 22.1 Å². The molecular formula is C43H46FN9O4. The number of benzene rings is 2. The van der Waals surface area contributed by atoms with E-state index in [0.29, 0.717) is 41.2 Å². The molecule has 1 spiro atoms. The molecule has 1 atom stereocenters. The number of piperazine rings is 1. The highest BCUT2D eigenvalue weighted by molar-refractivity contribution is 6.00. The molecule has 3 saturated heterocycles. The number of hydrogen-bond donors (Lipinski definition) is 3. The zero-order chi connectivity index (χ0) is 39.0. The molecule has 0 bridgehead atoms. The number of fused-ring (bicyclic) bond motifs is 3. The SMILES string of the molecule is Cn1c(=O)n(C2CCC(=O)NC2=O)c2ccc(N3CC(CN4CCN(c5ccc(-c6cc(-c7cc8c([nH]7)C7(CCCC7)CNC8=O)ccn6)c(F)c5)CC4)C3)cc21. The van der Waals surface area contributed by atoms with Crippen LogP contribution in [0, 0.1) is 11.7 Å². The summed E-state index contributed by atoms with van der Waals surface area (Å²) >= 11 is 0. The average molecular weight is 772 g/mol. The van der Waals surface area contributed by atoms with Crippen LogP contribution >= 0.6 is 0 Å². The number of imide groups is 1. The summed E-state index contributed by atoms with van der Waals surface area (Å²) in [5.41, 5.74) is 7.55. The van der Waals surface area contributed by atoms with E-state index < -0.39 is 11.9 Å². The molecule has 1 saturated carbocycles. The van der Waals surface area contributed by atoms with Crippen molar-refractivity contribution in [3.63, 3.8) is 0 Å². The van der Waals surface area contributed by atoms with E-state index in [2.05, 4.69) is 35.3 Å². The summed E-state index contributed by atoms with van der Waals surface area (Å²) in [6.45, 7) is 6.89. The molecule has 1 unspecified atom stereocenters. The van der Waals surface area contributed by atoms with Gasteiger partial charge in [0, 0.05) is 117 Å². The Labute approximate surface area is 328 Å². The van der Waals surface area contributed by atoms with Gasteiger partial charge in [-0.15, -0.1) is 0 Å². The van der Waals surface area contributed by atoms with Crippen LogP contribution in [0.15, 0.2) is 65.6 Å². The van der Waals surface area contributed by atoms with E-state index in [1.807, 2.05) is 48.5 Å². The number of carbonyl (C=O) groups is 3. The molecule has 4 aliphatic heterocycles. The summed E-state index contributed by atoms with van der Waals surface area (Å²) in [6, 6.07) is 16.4. The van der Waals surface area contributed by atoms with Crippen LogP contribution < -0.4 is 26.1 Å². The second-order valence-electron chi connectivity index (χ2n) is 16.6. The quantitative estimate of drug-likeness (QED) is 0.208. The fourth-order valence-electron chi connectivity index (χ4n) is 10.0. The van der Waals surface area contributed by atoms with Crippen molar-refractivity contribution in [3.05, 3.63) is 88.4 Å². The maximum absolute atomic E-state index is 15.8. The highest BCUT2D eigenvalue weighted by Gasteiger charge is 2.43. The van der Waals surface area contributed by atoms with Crippen molar-refractivity contribution >= 4 is 40.1 Å². The Hall–Kier alpha value is -5.76. The molecule has 7 heterocycles. The molecule has 5 aromatic rings. The monoisotopic (exact) mass is 771 g/mol. The third-order valence-corrected chi connectivity index (χ3v) is 13.2. The number of aromatic amines is 1. The van der Waals surface area contributed by atoms with E-state index in [9.17, 15) is 19.2 Å². The number of carbonyl (C=O) groups excluding carboxylic acids is 3. The highest BCUT2D eigenvalue weighted by Crippen LogP contribution is 2.45. The Morgan fingerprint density at radius 2 is 1.63 bits per heavy atom. The molecule has 13 nitrogen and oxygen atoms in total. The lowest BCUT2D eigenvalue weighted by molar-refractivity contribution is -0.135. The lowest BCUT2D eigenvalue weighted by Gasteiger charge is -2.45. The number of pyridine rings is 1. The first-order valence-electron chi connectivity index (χ1n) is 20.2. The molecule has 14 heteroatoms. The molecule has 0 radical (unpaired) electrons. The van der Waals surface area contributed by atoms with Gasteiger partial charge in [0.2, 0.25) is 11.8 Å². The van der Waals surface area contributed by atoms with Crippen molar-refractivity contribution in [1.82, 2.24) is 34.6 Å². The minimum absolute atomic E-state index is 0.0256. The van der Waals surface area contributed by atoms with Crippen LogP contribution in [0.5, 0.6) is 0 Å². The summed E-state index contributed by atoms with van der Waals surface area (Å²) in [7, 11) is 1.72. The Morgan fingerprint density at radius 1 is 0.860 bits per heavy atom. The van der Waals surface area contributed by atoms with Crippen molar-refractivity contribution in [1.29, 1.82) is 0 Å². The van der Waals surface area contributed by atoms with Crippen LogP contribution in [0.1, 0.15) is 60.6 Å². The fraction of sp³-hybridized carbons (Fsp3) is 0.419. The number of imidazole rings is 1. The van der Waals surface area contributed by atoms with Gasteiger partial charge in [0.1, 0.15) is 11.9 Å². The zero-order valence-corrected chi connectivity index (χ0v) is 32.0. The number of halogens is 1. The van der Waals surface area contributed by atoms with Crippen LogP contribution in [0.3, 0.4) is 0 Å². The molecule has 2 aromatic carbocycles. The van der Waals surface area contributed by atoms with Gasteiger partial charge in [0.05, 0.1) is 22.3 Å². The summed E-state index contributed by atoms with van der Waals surface area (Å²) in [4.78, 5) is 65.4. The molecule has 4 fully saturated rings. The smallest absolute Gasteiger partial charge is 0.329 e. The Kier molecular flexibility index (Phi) is 8.58. The number of piperidine rings is 1. The second-order valence-corrected chi connectivity index (χ2v) is 16.6. The highest BCUT2D eigenvalue weighted by atomic mass is 19.1. The van der Waals surface area contributed by atoms with Gasteiger partial charge in [-0.25, -0.2) is 9.18 Å². The standard InChI is InChI=1S/C43H46FN9O4/c1-49-37-20-29(5-7-35(37)53(42(49)57)36-8-9-38(54)48-41(36)56)52-23-26(24-52)22-50-14-16-51(17-15-50)28-4-6-30(32(44)19-28)34-18-27(10-13-45-34)33-21-31-39(47-33)43(11-2-3-12-43)25-46-40(31)55/h4-7,10,13,18-21,26,36,47H,2-3,8-9,11-12,14-17,22-25H2,1H3,(H,46,55)(H,48,54,56). The largest absolute Gasteiger partial charge is 0.371 e. The maximum atomic E-state index is 15.8. The number of anilines is 2. The number of hydrogen-bond acceptors (Lipinski definition) is 8. The first-order chi connectivity index (χ1) is 27.6. The predicted octanol–water partition coefficient (Wildman–Crippen LogP) is 4.33. The number of aryl methyl sites for hydroxylation is 1. The van der Waals surface area contributed by atoms with Crippen LogP contribution in [0.25, 0.3) is 33.5 Å². The van der Waals surface area contributed by atoms with Crippen molar-refractivity contribution in [2.75, 3.05) is 62.2 Å². The van der Waals surface area contributed by atoms with Crippen molar-refractivity contribution in [3.8, 4) is 22.5 Å². The first-order valence-corrected chi connectivity index (χ1v) is 20.2. The Bertz CT molecular complexity index is 2500. The normalized spacial score (nSPS) is 21.2. The van der Waals surface area contributed by atoms with E-state index in [1.54, 1.807) is 23.9 Å². The molecule has 3 aromatic heterocycles. The summed E-state index contributed by atoms with van der Waals surface area (Å²) < 4.78 is 18.9. The number of nitrogens with one attached hydrogen (secondary N) is 3. The van der Waals surface area contributed by atoms with E-state index in [1.165, 1.54) is 4.57 Å². The predicted molar refractivity (Wildman–Crippen MR) is 215 cm³/mol. The average Bonchev–Trinajstić information content (AvgIpc) is 3.93. The van der Waals surface area contributed by atoms with Gasteiger partial charge >= 0.3 is 5.69 Å². The second kappa shape index (κ2) is 13.7. The molecule has 1 aliphatic carbocycles. The maximum Gasteiger partial charge on any atom is 0.329 e. The lowest BCUT2D eigenvalue weighted by atomic mass is 9.78. The summed E-state index contributed by atoms with van der Waals surface area (Å²) in [6.07, 6.45) is 6.67. The van der Waals surface area contributed by atoms with Gasteiger partial charge in [0.15, 0.2) is 0 Å². The van der Waals surface area contributed by atoms with Gasteiger partial charge in [-0.3, -0.25) is 38.7 Å². The van der Waals surface area contributed by atoms with Gasteiger partial charge in [-0.1, -0.05) is 12.8 Å². The van der Waals surface area contributed by atoms with Gasteiger partial charge in [-0.05, 0) is 73.9 Å². The lowest BCUT2D eigenvalue weighted by Crippen LogP contribution is -2.55.